The first-order chi connectivity index (χ1) is 8.31. The molecule has 6 heteroatoms. The van der Waals surface area contributed by atoms with E-state index < -0.39 is 0 Å². The highest BCUT2D eigenvalue weighted by Gasteiger charge is 2.23. The summed E-state index contributed by atoms with van der Waals surface area (Å²) >= 11 is 0. The van der Waals surface area contributed by atoms with Crippen LogP contribution in [0.25, 0.3) is 0 Å². The molecule has 0 saturated carbocycles. The van der Waals surface area contributed by atoms with Gasteiger partial charge in [-0.05, 0) is 26.3 Å². The van der Waals surface area contributed by atoms with Gasteiger partial charge in [-0.2, -0.15) is 5.10 Å². The Balaban J connectivity index is 1.94. The molecule has 17 heavy (non-hydrogen) atoms. The van der Waals surface area contributed by atoms with Crippen LogP contribution in [0.1, 0.15) is 19.8 Å². The summed E-state index contributed by atoms with van der Waals surface area (Å²) in [6.45, 7) is 5.01. The van der Waals surface area contributed by atoms with Crippen LogP contribution in [0.4, 0.5) is 0 Å². The zero-order valence-electron chi connectivity index (χ0n) is 10.2. The highest BCUT2D eigenvalue weighted by atomic mass is 16.2. The van der Waals surface area contributed by atoms with E-state index in [1.54, 1.807) is 11.0 Å². The Morgan fingerprint density at radius 3 is 3.12 bits per heavy atom. The van der Waals surface area contributed by atoms with Crippen molar-refractivity contribution in [2.24, 2.45) is 0 Å². The molecular formula is C11H19N5O. The SMILES string of the molecule is CCN(C(=O)Cn1cncn1)C1CCCNC1. The number of aromatic nitrogens is 3. The van der Waals surface area contributed by atoms with Gasteiger partial charge in [0.25, 0.3) is 0 Å². The predicted octanol–water partition coefficient (Wildman–Crippen LogP) is -0.121. The minimum atomic E-state index is 0.117. The Bertz CT molecular complexity index is 345. The van der Waals surface area contributed by atoms with Gasteiger partial charge in [-0.3, -0.25) is 4.79 Å². The van der Waals surface area contributed by atoms with Crippen molar-refractivity contribution in [3.8, 4) is 0 Å². The predicted molar refractivity (Wildman–Crippen MR) is 63.3 cm³/mol. The van der Waals surface area contributed by atoms with Crippen LogP contribution in [0, 0.1) is 0 Å². The number of carbonyl (C=O) groups excluding carboxylic acids is 1. The second kappa shape index (κ2) is 5.77. The first kappa shape index (κ1) is 12.0. The van der Waals surface area contributed by atoms with Crippen LogP contribution in [0.5, 0.6) is 0 Å². The summed E-state index contributed by atoms with van der Waals surface area (Å²) < 4.78 is 1.57. The Labute approximate surface area is 101 Å². The lowest BCUT2D eigenvalue weighted by molar-refractivity contribution is -0.134. The monoisotopic (exact) mass is 237 g/mol. The summed E-state index contributed by atoms with van der Waals surface area (Å²) in [5, 5.41) is 7.30. The fraction of sp³-hybridized carbons (Fsp3) is 0.727. The second-order valence-electron chi connectivity index (χ2n) is 4.27. The highest BCUT2D eigenvalue weighted by Crippen LogP contribution is 2.10. The molecule has 0 bridgehead atoms. The van der Waals surface area contributed by atoms with Crippen LogP contribution in [-0.2, 0) is 11.3 Å². The smallest absolute Gasteiger partial charge is 0.244 e. The number of carbonyl (C=O) groups is 1. The van der Waals surface area contributed by atoms with Gasteiger partial charge in [0.05, 0.1) is 0 Å². The molecule has 1 unspecified atom stereocenters. The third-order valence-electron chi connectivity index (χ3n) is 3.14. The summed E-state index contributed by atoms with van der Waals surface area (Å²) in [4.78, 5) is 17.9. The first-order valence-electron chi connectivity index (χ1n) is 6.14. The first-order valence-corrected chi connectivity index (χ1v) is 6.14. The Morgan fingerprint density at radius 1 is 1.65 bits per heavy atom. The van der Waals surface area contributed by atoms with Crippen molar-refractivity contribution in [1.82, 2.24) is 25.0 Å². The fourth-order valence-electron chi connectivity index (χ4n) is 2.28. The molecule has 6 nitrogen and oxygen atoms in total. The van der Waals surface area contributed by atoms with Crippen LogP contribution in [0.3, 0.4) is 0 Å². The maximum Gasteiger partial charge on any atom is 0.244 e. The topological polar surface area (TPSA) is 63.1 Å². The molecule has 1 aromatic rings. The van der Waals surface area contributed by atoms with E-state index in [-0.39, 0.29) is 12.5 Å². The summed E-state index contributed by atoms with van der Waals surface area (Å²) in [6.07, 6.45) is 5.25. The molecule has 2 rings (SSSR count). The molecule has 1 saturated heterocycles. The van der Waals surface area contributed by atoms with Gasteiger partial charge in [0, 0.05) is 19.1 Å². The lowest BCUT2D eigenvalue weighted by Gasteiger charge is -2.33. The van der Waals surface area contributed by atoms with Gasteiger partial charge in [-0.25, -0.2) is 9.67 Å². The maximum absolute atomic E-state index is 12.2. The number of nitrogens with zero attached hydrogens (tertiary/aromatic N) is 4. The van der Waals surface area contributed by atoms with Crippen LogP contribution in [-0.4, -0.2) is 51.2 Å². The van der Waals surface area contributed by atoms with E-state index in [0.29, 0.717) is 6.04 Å². The average Bonchev–Trinajstić information content (AvgIpc) is 2.84. The number of likely N-dealkylation sites (N-methyl/N-ethyl adjacent to an activating group) is 1. The Hall–Kier alpha value is -1.43. The molecule has 0 aliphatic carbocycles. The Kier molecular flexibility index (Phi) is 4.08. The van der Waals surface area contributed by atoms with Crippen LogP contribution in [0.2, 0.25) is 0 Å². The van der Waals surface area contributed by atoms with Crippen molar-refractivity contribution >= 4 is 5.91 Å². The number of hydrogen-bond donors (Lipinski definition) is 1. The maximum atomic E-state index is 12.2. The second-order valence-corrected chi connectivity index (χ2v) is 4.27. The van der Waals surface area contributed by atoms with E-state index in [1.807, 2.05) is 11.8 Å². The van der Waals surface area contributed by atoms with Crippen molar-refractivity contribution in [3.63, 3.8) is 0 Å². The quantitative estimate of drug-likeness (QED) is 0.793. The molecule has 1 aliphatic rings. The molecule has 2 heterocycles. The highest BCUT2D eigenvalue weighted by molar-refractivity contribution is 5.76. The number of rotatable bonds is 4. The van der Waals surface area contributed by atoms with E-state index >= 15 is 0 Å². The number of amides is 1. The zero-order chi connectivity index (χ0) is 12.1. The number of piperidine rings is 1. The molecule has 1 aromatic heterocycles. The van der Waals surface area contributed by atoms with Crippen molar-refractivity contribution in [2.45, 2.75) is 32.4 Å². The van der Waals surface area contributed by atoms with Crippen LogP contribution >= 0.6 is 0 Å². The lowest BCUT2D eigenvalue weighted by Crippen LogP contribution is -2.49. The minimum Gasteiger partial charge on any atom is -0.337 e. The molecule has 0 aromatic carbocycles. The number of nitrogens with one attached hydrogen (secondary N) is 1. The van der Waals surface area contributed by atoms with Gasteiger partial charge in [-0.15, -0.1) is 0 Å². The van der Waals surface area contributed by atoms with Gasteiger partial charge in [-0.1, -0.05) is 0 Å². The van der Waals surface area contributed by atoms with Crippen molar-refractivity contribution in [3.05, 3.63) is 12.7 Å². The van der Waals surface area contributed by atoms with Gasteiger partial charge in [0.2, 0.25) is 5.91 Å². The molecule has 0 radical (unpaired) electrons. The van der Waals surface area contributed by atoms with Gasteiger partial charge >= 0.3 is 0 Å². The van der Waals surface area contributed by atoms with Gasteiger partial charge < -0.3 is 10.2 Å². The molecule has 1 N–H and O–H groups in total. The van der Waals surface area contributed by atoms with E-state index in [2.05, 4.69) is 15.4 Å². The molecule has 1 aliphatic heterocycles. The zero-order valence-corrected chi connectivity index (χ0v) is 10.2. The van der Waals surface area contributed by atoms with E-state index in [4.69, 9.17) is 0 Å². The largest absolute Gasteiger partial charge is 0.337 e. The van der Waals surface area contributed by atoms with E-state index in [1.165, 1.54) is 6.33 Å². The van der Waals surface area contributed by atoms with Crippen molar-refractivity contribution < 1.29 is 4.79 Å². The van der Waals surface area contributed by atoms with E-state index in [9.17, 15) is 4.79 Å². The standard InChI is InChI=1S/C11H19N5O/c1-2-16(10-4-3-5-12-6-10)11(17)7-15-9-13-8-14-15/h8-10,12H,2-7H2,1H3. The molecule has 1 amide bonds. The van der Waals surface area contributed by atoms with Gasteiger partial charge in [0.15, 0.2) is 0 Å². The summed E-state index contributed by atoms with van der Waals surface area (Å²) in [6, 6.07) is 0.324. The van der Waals surface area contributed by atoms with E-state index in [0.717, 1.165) is 32.5 Å². The summed E-state index contributed by atoms with van der Waals surface area (Å²) in [5.74, 6) is 0.117. The summed E-state index contributed by atoms with van der Waals surface area (Å²) in [7, 11) is 0. The third kappa shape index (κ3) is 3.03. The fourth-order valence-corrected chi connectivity index (χ4v) is 2.28. The normalized spacial score (nSPS) is 20.2. The van der Waals surface area contributed by atoms with Crippen molar-refractivity contribution in [2.75, 3.05) is 19.6 Å². The van der Waals surface area contributed by atoms with Crippen molar-refractivity contribution in [1.29, 1.82) is 0 Å². The molecule has 94 valence electrons. The third-order valence-corrected chi connectivity index (χ3v) is 3.14. The molecule has 1 fully saturated rings. The average molecular weight is 237 g/mol. The molecule has 1 atom stereocenters. The number of hydrogen-bond acceptors (Lipinski definition) is 4. The lowest BCUT2D eigenvalue weighted by atomic mass is 10.1. The minimum absolute atomic E-state index is 0.117. The van der Waals surface area contributed by atoms with Gasteiger partial charge in [0.1, 0.15) is 19.2 Å². The molecule has 0 spiro atoms. The Morgan fingerprint density at radius 2 is 2.53 bits per heavy atom. The molecular weight excluding hydrogens is 218 g/mol. The summed E-state index contributed by atoms with van der Waals surface area (Å²) in [5.41, 5.74) is 0. The van der Waals surface area contributed by atoms with Crippen LogP contribution in [0.15, 0.2) is 12.7 Å². The van der Waals surface area contributed by atoms with Crippen LogP contribution < -0.4 is 5.32 Å².